The largest absolute Gasteiger partial charge is 0.416 e. The summed E-state index contributed by atoms with van der Waals surface area (Å²) in [4.78, 5) is 10.9. The topological polar surface area (TPSA) is 26.3 Å². The Balaban J connectivity index is 4.26. The maximum Gasteiger partial charge on any atom is 0.192 e. The first-order chi connectivity index (χ1) is 7.10. The molecule has 0 aromatic heterocycles. The van der Waals surface area contributed by atoms with Gasteiger partial charge in [-0.25, -0.2) is 0 Å². The van der Waals surface area contributed by atoms with E-state index >= 15 is 0 Å². The molecule has 0 amide bonds. The second-order valence-electron chi connectivity index (χ2n) is 6.60. The van der Waals surface area contributed by atoms with Gasteiger partial charge in [0, 0.05) is 12.5 Å². The Hall–Kier alpha value is -0.153. The molecule has 0 N–H and O–H groups in total. The number of hydrogen-bond donors (Lipinski definition) is 0. The second kappa shape index (κ2) is 5.96. The Kier molecular flexibility index (Phi) is 5.91. The molecule has 0 heterocycles. The first kappa shape index (κ1) is 15.8. The maximum atomic E-state index is 10.9. The predicted octanol–water partition coefficient (Wildman–Crippen LogP) is 3.87. The molecule has 1 atom stereocenters. The van der Waals surface area contributed by atoms with Crippen molar-refractivity contribution in [1.29, 1.82) is 0 Å². The Bertz CT molecular complexity index is 216. The number of carbonyl (C=O) groups is 1. The predicted molar refractivity (Wildman–Crippen MR) is 72.2 cm³/mol. The molecular weight excluding hydrogens is 216 g/mol. The first-order valence-electron chi connectivity index (χ1n) is 6.19. The molecular formula is C13H28O2Si. The third-order valence-electron chi connectivity index (χ3n) is 3.43. The van der Waals surface area contributed by atoms with E-state index in [4.69, 9.17) is 4.43 Å². The van der Waals surface area contributed by atoms with E-state index in [0.717, 1.165) is 12.7 Å². The van der Waals surface area contributed by atoms with Crippen LogP contribution in [0.2, 0.25) is 18.1 Å². The summed E-state index contributed by atoms with van der Waals surface area (Å²) in [6, 6.07) is 0. The molecule has 0 spiro atoms. The van der Waals surface area contributed by atoms with Crippen molar-refractivity contribution in [3.8, 4) is 0 Å². The van der Waals surface area contributed by atoms with Crippen LogP contribution in [0.1, 0.15) is 41.0 Å². The zero-order chi connectivity index (χ0) is 13.0. The van der Waals surface area contributed by atoms with Crippen LogP contribution in [0.4, 0.5) is 0 Å². The van der Waals surface area contributed by atoms with E-state index in [0.29, 0.717) is 12.5 Å². The Morgan fingerprint density at radius 1 is 1.25 bits per heavy atom. The van der Waals surface area contributed by atoms with Crippen LogP contribution in [-0.2, 0) is 9.22 Å². The van der Waals surface area contributed by atoms with Crippen LogP contribution in [0.3, 0.4) is 0 Å². The summed E-state index contributed by atoms with van der Waals surface area (Å²) in [5.41, 5.74) is 0. The number of carbonyl (C=O) groups excluding carboxylic acids is 1. The molecule has 2 nitrogen and oxygen atoms in total. The number of aldehydes is 1. The zero-order valence-corrected chi connectivity index (χ0v) is 13.0. The molecule has 96 valence electrons. The first-order valence-corrected chi connectivity index (χ1v) is 9.10. The van der Waals surface area contributed by atoms with Gasteiger partial charge >= 0.3 is 0 Å². The van der Waals surface area contributed by atoms with Crippen molar-refractivity contribution in [1.82, 2.24) is 0 Å². The van der Waals surface area contributed by atoms with E-state index in [1.54, 1.807) is 0 Å². The van der Waals surface area contributed by atoms with Gasteiger partial charge in [0.25, 0.3) is 0 Å². The van der Waals surface area contributed by atoms with Crippen molar-refractivity contribution >= 4 is 14.6 Å². The van der Waals surface area contributed by atoms with Crippen LogP contribution in [-0.4, -0.2) is 21.2 Å². The molecule has 0 aliphatic carbocycles. The van der Waals surface area contributed by atoms with Crippen LogP contribution in [0.25, 0.3) is 0 Å². The van der Waals surface area contributed by atoms with Gasteiger partial charge in [-0.1, -0.05) is 34.6 Å². The molecule has 0 radical (unpaired) electrons. The average Bonchev–Trinajstić information content (AvgIpc) is 2.09. The molecule has 3 heteroatoms. The van der Waals surface area contributed by atoms with Gasteiger partial charge < -0.3 is 9.22 Å². The Morgan fingerprint density at radius 2 is 1.75 bits per heavy atom. The normalized spacial score (nSPS) is 15.2. The summed E-state index contributed by atoms with van der Waals surface area (Å²) in [7, 11) is -1.69. The van der Waals surface area contributed by atoms with Crippen LogP contribution in [0.15, 0.2) is 0 Å². The van der Waals surface area contributed by atoms with E-state index in [1.165, 1.54) is 0 Å². The average molecular weight is 244 g/mol. The fourth-order valence-corrected chi connectivity index (χ4v) is 2.36. The fourth-order valence-electron chi connectivity index (χ4n) is 1.30. The van der Waals surface area contributed by atoms with Gasteiger partial charge in [-0.05, 0) is 30.5 Å². The summed E-state index contributed by atoms with van der Waals surface area (Å²) in [5.74, 6) is 0.618. The van der Waals surface area contributed by atoms with Crippen LogP contribution >= 0.6 is 0 Å². The van der Waals surface area contributed by atoms with Crippen molar-refractivity contribution in [2.45, 2.75) is 59.2 Å². The van der Waals surface area contributed by atoms with Gasteiger partial charge in [-0.2, -0.15) is 0 Å². The summed E-state index contributed by atoms with van der Waals surface area (Å²) < 4.78 is 6.06. The summed E-state index contributed by atoms with van der Waals surface area (Å²) in [6.45, 7) is 16.0. The molecule has 0 fully saturated rings. The third-order valence-corrected chi connectivity index (χ3v) is 7.93. The highest BCUT2D eigenvalue weighted by molar-refractivity contribution is 6.74. The van der Waals surface area contributed by atoms with E-state index in [9.17, 15) is 4.79 Å². The van der Waals surface area contributed by atoms with Gasteiger partial charge in [0.2, 0.25) is 0 Å². The van der Waals surface area contributed by atoms with E-state index in [-0.39, 0.29) is 11.0 Å². The second-order valence-corrected chi connectivity index (χ2v) is 11.4. The van der Waals surface area contributed by atoms with Crippen molar-refractivity contribution < 1.29 is 9.22 Å². The van der Waals surface area contributed by atoms with Gasteiger partial charge in [-0.15, -0.1) is 0 Å². The highest BCUT2D eigenvalue weighted by Gasteiger charge is 2.37. The minimum Gasteiger partial charge on any atom is -0.416 e. The lowest BCUT2D eigenvalue weighted by molar-refractivity contribution is -0.112. The molecule has 0 bridgehead atoms. The molecule has 0 rings (SSSR count). The minimum absolute atomic E-state index is 0.0640. The fraction of sp³-hybridized carbons (Fsp3) is 0.923. The number of rotatable bonds is 6. The number of hydrogen-bond acceptors (Lipinski definition) is 2. The van der Waals surface area contributed by atoms with Crippen LogP contribution < -0.4 is 0 Å². The van der Waals surface area contributed by atoms with Crippen molar-refractivity contribution in [3.63, 3.8) is 0 Å². The minimum atomic E-state index is -1.69. The lowest BCUT2D eigenvalue weighted by Crippen LogP contribution is -2.42. The van der Waals surface area contributed by atoms with Crippen molar-refractivity contribution in [3.05, 3.63) is 0 Å². The van der Waals surface area contributed by atoms with Gasteiger partial charge in [0.15, 0.2) is 8.32 Å². The SMILES string of the molecule is CC(C)C[C@H](C=O)CO[Si](C)(C)C(C)(C)C. The molecule has 0 aliphatic rings. The maximum absolute atomic E-state index is 10.9. The van der Waals surface area contributed by atoms with Gasteiger partial charge in [0.05, 0.1) is 0 Å². The van der Waals surface area contributed by atoms with Crippen molar-refractivity contribution in [2.24, 2.45) is 11.8 Å². The lowest BCUT2D eigenvalue weighted by Gasteiger charge is -2.37. The monoisotopic (exact) mass is 244 g/mol. The highest BCUT2D eigenvalue weighted by atomic mass is 28.4. The molecule has 0 aromatic carbocycles. The summed E-state index contributed by atoms with van der Waals surface area (Å²) in [6.07, 6.45) is 1.98. The molecule has 16 heavy (non-hydrogen) atoms. The molecule has 0 saturated carbocycles. The standard InChI is InChI=1S/C13H28O2Si/c1-11(2)8-12(9-14)10-15-16(6,7)13(3,4)5/h9,11-12H,8,10H2,1-7H3/t12-/m1/s1. The lowest BCUT2D eigenvalue weighted by atomic mass is 9.99. The molecule has 0 saturated heterocycles. The smallest absolute Gasteiger partial charge is 0.192 e. The van der Waals surface area contributed by atoms with E-state index < -0.39 is 8.32 Å². The van der Waals surface area contributed by atoms with Gasteiger partial charge in [-0.3, -0.25) is 0 Å². The molecule has 0 unspecified atom stereocenters. The summed E-state index contributed by atoms with van der Waals surface area (Å²) in [5, 5.41) is 0.221. The van der Waals surface area contributed by atoms with E-state index in [1.807, 2.05) is 0 Å². The van der Waals surface area contributed by atoms with Crippen LogP contribution in [0.5, 0.6) is 0 Å². The van der Waals surface area contributed by atoms with Gasteiger partial charge in [0.1, 0.15) is 6.29 Å². The van der Waals surface area contributed by atoms with Crippen molar-refractivity contribution in [2.75, 3.05) is 6.61 Å². The van der Waals surface area contributed by atoms with E-state index in [2.05, 4.69) is 47.7 Å². The molecule has 0 aliphatic heterocycles. The molecule has 0 aromatic rings. The third kappa shape index (κ3) is 5.26. The Labute approximate surface area is 102 Å². The highest BCUT2D eigenvalue weighted by Crippen LogP contribution is 2.36. The van der Waals surface area contributed by atoms with Crippen LogP contribution in [0, 0.1) is 11.8 Å². The summed E-state index contributed by atoms with van der Waals surface area (Å²) >= 11 is 0. The zero-order valence-electron chi connectivity index (χ0n) is 12.0. The quantitative estimate of drug-likeness (QED) is 0.524. The Morgan fingerprint density at radius 3 is 2.06 bits per heavy atom.